The van der Waals surface area contributed by atoms with E-state index in [0.717, 1.165) is 0 Å². The van der Waals surface area contributed by atoms with Crippen LogP contribution in [0.15, 0.2) is 24.3 Å². The third-order valence-electron chi connectivity index (χ3n) is 2.63. The minimum Gasteiger partial charge on any atom is -0.508 e. The second-order valence-corrected chi connectivity index (χ2v) is 4.67. The van der Waals surface area contributed by atoms with Crippen LogP contribution in [0.3, 0.4) is 0 Å². The number of nitrogens with zero attached hydrogens (tertiary/aromatic N) is 1. The van der Waals surface area contributed by atoms with Crippen molar-refractivity contribution in [1.29, 1.82) is 0 Å². The molecule has 1 aromatic rings. The number of carbonyl (C=O) groups is 2. The number of carbonyl (C=O) groups excluding carboxylic acids is 2. The summed E-state index contributed by atoms with van der Waals surface area (Å²) in [5, 5.41) is 14.5. The molecule has 1 atom stereocenters. The van der Waals surface area contributed by atoms with Gasteiger partial charge in [-0.1, -0.05) is 0 Å². The maximum atomic E-state index is 11.8. The average molecular weight is 295 g/mol. The summed E-state index contributed by atoms with van der Waals surface area (Å²) in [6.45, 7) is 2.29. The standard InChI is InChI=1S/C14H21N3O4/c1-10(21-12-6-4-11(18)5-7-12)13(19)15-8-9-16-14(20)17(2)3/h4-7,10,18H,8-9H2,1-3H3,(H,15,19)(H,16,20). The molecular weight excluding hydrogens is 274 g/mol. The number of amides is 3. The van der Waals surface area contributed by atoms with Crippen molar-refractivity contribution >= 4 is 11.9 Å². The van der Waals surface area contributed by atoms with Crippen molar-refractivity contribution in [1.82, 2.24) is 15.5 Å². The number of hydrogen-bond acceptors (Lipinski definition) is 4. The van der Waals surface area contributed by atoms with Crippen molar-refractivity contribution < 1.29 is 19.4 Å². The average Bonchev–Trinajstić information content (AvgIpc) is 2.45. The Kier molecular flexibility index (Phi) is 6.32. The summed E-state index contributed by atoms with van der Waals surface area (Å²) >= 11 is 0. The van der Waals surface area contributed by atoms with Gasteiger partial charge in [0.25, 0.3) is 5.91 Å². The zero-order chi connectivity index (χ0) is 15.8. The number of aromatic hydroxyl groups is 1. The lowest BCUT2D eigenvalue weighted by Crippen LogP contribution is -2.42. The van der Waals surface area contributed by atoms with Crippen LogP contribution in [0.1, 0.15) is 6.92 Å². The monoisotopic (exact) mass is 295 g/mol. The predicted molar refractivity (Wildman–Crippen MR) is 78.3 cm³/mol. The Hall–Kier alpha value is -2.44. The van der Waals surface area contributed by atoms with E-state index < -0.39 is 6.10 Å². The molecule has 1 aromatic carbocycles. The smallest absolute Gasteiger partial charge is 0.316 e. The number of benzene rings is 1. The molecular formula is C14H21N3O4. The number of nitrogens with one attached hydrogen (secondary N) is 2. The van der Waals surface area contributed by atoms with Crippen LogP contribution >= 0.6 is 0 Å². The van der Waals surface area contributed by atoms with Crippen molar-refractivity contribution in [3.05, 3.63) is 24.3 Å². The highest BCUT2D eigenvalue weighted by molar-refractivity contribution is 5.80. The van der Waals surface area contributed by atoms with Gasteiger partial charge in [-0.25, -0.2) is 4.79 Å². The Balaban J connectivity index is 2.28. The summed E-state index contributed by atoms with van der Waals surface area (Å²) in [7, 11) is 3.28. The van der Waals surface area contributed by atoms with Gasteiger partial charge < -0.3 is 25.4 Å². The first-order valence-corrected chi connectivity index (χ1v) is 6.58. The summed E-state index contributed by atoms with van der Waals surface area (Å²) < 4.78 is 5.43. The lowest BCUT2D eigenvalue weighted by Gasteiger charge is -2.15. The third kappa shape index (κ3) is 6.03. The fraction of sp³-hybridized carbons (Fsp3) is 0.429. The molecule has 0 fully saturated rings. The second kappa shape index (κ2) is 7.98. The Labute approximate surface area is 123 Å². The van der Waals surface area contributed by atoms with Gasteiger partial charge in [-0.2, -0.15) is 0 Å². The molecule has 1 rings (SSSR count). The number of phenols is 1. The van der Waals surface area contributed by atoms with E-state index in [2.05, 4.69) is 10.6 Å². The van der Waals surface area contributed by atoms with Crippen LogP contribution in [-0.2, 0) is 4.79 Å². The summed E-state index contributed by atoms with van der Waals surface area (Å²) in [4.78, 5) is 24.4. The molecule has 116 valence electrons. The molecule has 0 spiro atoms. The normalized spacial score (nSPS) is 11.4. The zero-order valence-corrected chi connectivity index (χ0v) is 12.4. The highest BCUT2D eigenvalue weighted by atomic mass is 16.5. The highest BCUT2D eigenvalue weighted by Gasteiger charge is 2.14. The van der Waals surface area contributed by atoms with Crippen LogP contribution in [0.2, 0.25) is 0 Å². The zero-order valence-electron chi connectivity index (χ0n) is 12.4. The largest absolute Gasteiger partial charge is 0.508 e. The van der Waals surface area contributed by atoms with Crippen LogP contribution < -0.4 is 15.4 Å². The first-order chi connectivity index (χ1) is 9.90. The van der Waals surface area contributed by atoms with Gasteiger partial charge >= 0.3 is 6.03 Å². The molecule has 1 unspecified atom stereocenters. The van der Waals surface area contributed by atoms with E-state index in [-0.39, 0.29) is 17.7 Å². The first kappa shape index (κ1) is 16.6. The number of ether oxygens (including phenoxy) is 1. The minimum atomic E-state index is -0.668. The van der Waals surface area contributed by atoms with Crippen LogP contribution in [-0.4, -0.2) is 55.2 Å². The van der Waals surface area contributed by atoms with E-state index in [4.69, 9.17) is 9.84 Å². The Morgan fingerprint density at radius 3 is 2.33 bits per heavy atom. The van der Waals surface area contributed by atoms with Crippen LogP contribution in [0, 0.1) is 0 Å². The molecule has 0 saturated heterocycles. The molecule has 3 N–H and O–H groups in total. The Morgan fingerprint density at radius 1 is 1.19 bits per heavy atom. The summed E-state index contributed by atoms with van der Waals surface area (Å²) in [6.07, 6.45) is -0.668. The van der Waals surface area contributed by atoms with E-state index in [1.54, 1.807) is 33.2 Å². The van der Waals surface area contributed by atoms with Crippen LogP contribution in [0.4, 0.5) is 4.79 Å². The number of urea groups is 1. The van der Waals surface area contributed by atoms with Crippen LogP contribution in [0.25, 0.3) is 0 Å². The van der Waals surface area contributed by atoms with Gasteiger partial charge in [-0.15, -0.1) is 0 Å². The molecule has 0 bridgehead atoms. The number of rotatable bonds is 6. The SMILES string of the molecule is CC(Oc1ccc(O)cc1)C(=O)NCCNC(=O)N(C)C. The van der Waals surface area contributed by atoms with Crippen molar-refractivity contribution in [2.75, 3.05) is 27.2 Å². The van der Waals surface area contributed by atoms with E-state index in [0.29, 0.717) is 18.8 Å². The van der Waals surface area contributed by atoms with Gasteiger partial charge in [-0.05, 0) is 31.2 Å². The van der Waals surface area contributed by atoms with Crippen molar-refractivity contribution in [2.24, 2.45) is 0 Å². The molecule has 7 nitrogen and oxygen atoms in total. The lowest BCUT2D eigenvalue weighted by molar-refractivity contribution is -0.127. The summed E-state index contributed by atoms with van der Waals surface area (Å²) in [5.41, 5.74) is 0. The number of phenolic OH excluding ortho intramolecular Hbond substituents is 1. The fourth-order valence-corrected chi connectivity index (χ4v) is 1.44. The van der Waals surface area contributed by atoms with Gasteiger partial charge in [-0.3, -0.25) is 4.79 Å². The maximum absolute atomic E-state index is 11.8. The lowest BCUT2D eigenvalue weighted by atomic mass is 10.3. The minimum absolute atomic E-state index is 0.135. The van der Waals surface area contributed by atoms with Crippen LogP contribution in [0.5, 0.6) is 11.5 Å². The molecule has 0 radical (unpaired) electrons. The van der Waals surface area contributed by atoms with E-state index >= 15 is 0 Å². The Morgan fingerprint density at radius 2 is 1.76 bits per heavy atom. The quantitative estimate of drug-likeness (QED) is 0.668. The van der Waals surface area contributed by atoms with E-state index in [9.17, 15) is 9.59 Å². The van der Waals surface area contributed by atoms with Crippen molar-refractivity contribution in [3.8, 4) is 11.5 Å². The summed E-state index contributed by atoms with van der Waals surface area (Å²) in [6, 6.07) is 5.91. The maximum Gasteiger partial charge on any atom is 0.316 e. The molecule has 0 aliphatic heterocycles. The van der Waals surface area contributed by atoms with Crippen molar-refractivity contribution in [3.63, 3.8) is 0 Å². The summed E-state index contributed by atoms with van der Waals surface area (Å²) in [5.74, 6) is 0.356. The topological polar surface area (TPSA) is 90.9 Å². The van der Waals surface area contributed by atoms with Gasteiger partial charge in [0, 0.05) is 27.2 Å². The van der Waals surface area contributed by atoms with Gasteiger partial charge in [0.15, 0.2) is 6.10 Å². The van der Waals surface area contributed by atoms with Gasteiger partial charge in [0.1, 0.15) is 11.5 Å². The Bertz CT molecular complexity index is 474. The first-order valence-electron chi connectivity index (χ1n) is 6.58. The van der Waals surface area contributed by atoms with E-state index in [1.807, 2.05) is 0 Å². The highest BCUT2D eigenvalue weighted by Crippen LogP contribution is 2.17. The number of hydrogen-bond donors (Lipinski definition) is 3. The molecule has 3 amide bonds. The van der Waals surface area contributed by atoms with E-state index in [1.165, 1.54) is 17.0 Å². The second-order valence-electron chi connectivity index (χ2n) is 4.67. The molecule has 0 aliphatic rings. The fourth-order valence-electron chi connectivity index (χ4n) is 1.44. The molecule has 0 heterocycles. The molecule has 0 aromatic heterocycles. The third-order valence-corrected chi connectivity index (χ3v) is 2.63. The van der Waals surface area contributed by atoms with Crippen molar-refractivity contribution in [2.45, 2.75) is 13.0 Å². The molecule has 0 saturated carbocycles. The molecule has 7 heteroatoms. The van der Waals surface area contributed by atoms with Gasteiger partial charge in [0.05, 0.1) is 0 Å². The van der Waals surface area contributed by atoms with Gasteiger partial charge in [0.2, 0.25) is 0 Å². The molecule has 21 heavy (non-hydrogen) atoms. The molecule has 0 aliphatic carbocycles. The predicted octanol–water partition coefficient (Wildman–Crippen LogP) is 0.547.